The van der Waals surface area contributed by atoms with Gasteiger partial charge >= 0.3 is 5.97 Å². The largest absolute Gasteiger partial charge is 0.481 e. The number of amides is 6. The van der Waals surface area contributed by atoms with Gasteiger partial charge in [0, 0.05) is 76.4 Å². The highest BCUT2D eigenvalue weighted by molar-refractivity contribution is 5.83. The number of carboxylic acids is 1. The maximum absolute atomic E-state index is 13.4. The predicted octanol–water partition coefficient (Wildman–Crippen LogP) is 2.57. The number of aliphatic carboxylic acids is 1. The molecule has 0 saturated carbocycles. The van der Waals surface area contributed by atoms with Crippen LogP contribution in [0.15, 0.2) is 0 Å². The second-order valence-electron chi connectivity index (χ2n) is 16.8. The van der Waals surface area contributed by atoms with E-state index in [1.165, 1.54) is 6.92 Å². The van der Waals surface area contributed by atoms with Gasteiger partial charge in [0.05, 0.1) is 31.7 Å². The number of ether oxygens (including phenoxy) is 2. The highest BCUT2D eigenvalue weighted by atomic mass is 16.5. The molecule has 6 atom stereocenters. The van der Waals surface area contributed by atoms with E-state index in [-0.39, 0.29) is 111 Å². The molecule has 0 aromatic carbocycles. The lowest BCUT2D eigenvalue weighted by molar-refractivity contribution is -0.138. The van der Waals surface area contributed by atoms with Gasteiger partial charge in [-0.25, -0.2) is 0 Å². The summed E-state index contributed by atoms with van der Waals surface area (Å²) in [4.78, 5) is 89.6. The Bertz CT molecular complexity index is 1260. The molecule has 0 unspecified atom stereocenters. The summed E-state index contributed by atoms with van der Waals surface area (Å²) in [5, 5.41) is 26.7. The van der Waals surface area contributed by atoms with E-state index in [1.807, 2.05) is 55.4 Å². The molecule has 322 valence electrons. The molecule has 1 fully saturated rings. The van der Waals surface area contributed by atoms with Crippen molar-refractivity contribution in [3.05, 3.63) is 0 Å². The normalized spacial score (nSPS) is 22.6. The molecule has 56 heavy (non-hydrogen) atoms. The van der Waals surface area contributed by atoms with Crippen LogP contribution in [0.25, 0.3) is 0 Å². The summed E-state index contributed by atoms with van der Waals surface area (Å²) in [6, 6.07) is -3.39. The molecule has 1 saturated heterocycles. The summed E-state index contributed by atoms with van der Waals surface area (Å²) >= 11 is 0. The monoisotopic (exact) mass is 797 g/mol. The fourth-order valence-electron chi connectivity index (χ4n) is 6.55. The van der Waals surface area contributed by atoms with E-state index in [0.29, 0.717) is 38.9 Å². The molecule has 6 amide bonds. The van der Waals surface area contributed by atoms with Crippen molar-refractivity contribution in [2.24, 2.45) is 23.7 Å². The Labute approximate surface area is 333 Å². The number of nitrogens with one attached hydrogen (secondary N) is 6. The molecule has 16 nitrogen and oxygen atoms in total. The molecule has 0 aliphatic carbocycles. The zero-order valence-corrected chi connectivity index (χ0v) is 35.3. The van der Waals surface area contributed by atoms with E-state index in [4.69, 9.17) is 9.47 Å². The summed E-state index contributed by atoms with van der Waals surface area (Å²) in [5.41, 5.74) is 0. The Balaban J connectivity index is 3.23. The second kappa shape index (κ2) is 27.0. The van der Waals surface area contributed by atoms with Crippen LogP contribution < -0.4 is 31.9 Å². The number of hydrogen-bond acceptors (Lipinski definition) is 9. The van der Waals surface area contributed by atoms with Crippen LogP contribution in [0.5, 0.6) is 0 Å². The van der Waals surface area contributed by atoms with Crippen LogP contribution in [0, 0.1) is 23.7 Å². The standard InChI is InChI=1S/C40H72N6O10/c1-24(2)14-29-16-37(50)46-34(27(7)8)21-39(52)45-32(18-36(49)43-30(15-25(3)4)19-40(53)54)23-56-13-11-10-12-55-22-31(17-35(48)42-29)44-38(51)20-33(26(5)6)41-28(9)47/h24-27,29-34H,10-23H2,1-9H3,(H,41,47)(H,42,48)(H,43,49)(H,44,51)(H,45,52)(H,46,50)(H,53,54)/t29-,30+,31+,32+,33+,34+/m0/s1. The lowest BCUT2D eigenvalue weighted by Crippen LogP contribution is -2.49. The Morgan fingerprint density at radius 1 is 0.732 bits per heavy atom. The highest BCUT2D eigenvalue weighted by Gasteiger charge is 2.28. The first-order valence-electron chi connectivity index (χ1n) is 20.3. The van der Waals surface area contributed by atoms with E-state index in [0.717, 1.165) is 0 Å². The number of carbonyl (C=O) groups excluding carboxylic acids is 6. The number of hydrogen-bond donors (Lipinski definition) is 7. The van der Waals surface area contributed by atoms with Crippen molar-refractivity contribution >= 4 is 41.4 Å². The average molecular weight is 797 g/mol. The smallest absolute Gasteiger partial charge is 0.305 e. The van der Waals surface area contributed by atoms with Gasteiger partial charge in [-0.05, 0) is 49.4 Å². The maximum Gasteiger partial charge on any atom is 0.305 e. The summed E-state index contributed by atoms with van der Waals surface area (Å²) < 4.78 is 11.8. The van der Waals surface area contributed by atoms with E-state index in [1.54, 1.807) is 0 Å². The Morgan fingerprint density at radius 3 is 1.88 bits per heavy atom. The number of carbonyl (C=O) groups is 7. The van der Waals surface area contributed by atoms with Crippen LogP contribution in [0.3, 0.4) is 0 Å². The van der Waals surface area contributed by atoms with Crippen LogP contribution in [-0.2, 0) is 43.0 Å². The van der Waals surface area contributed by atoms with Gasteiger partial charge < -0.3 is 46.5 Å². The minimum atomic E-state index is -1.02. The first-order valence-corrected chi connectivity index (χ1v) is 20.3. The van der Waals surface area contributed by atoms with Crippen LogP contribution in [-0.4, -0.2) is 109 Å². The fraction of sp³-hybridized carbons (Fsp3) is 0.825. The van der Waals surface area contributed by atoms with E-state index in [9.17, 15) is 38.7 Å². The van der Waals surface area contributed by atoms with Crippen LogP contribution >= 0.6 is 0 Å². The molecule has 0 aromatic rings. The molecule has 1 heterocycles. The topological polar surface area (TPSA) is 230 Å². The zero-order chi connectivity index (χ0) is 42.4. The summed E-state index contributed by atoms with van der Waals surface area (Å²) in [5.74, 6) is -2.90. The summed E-state index contributed by atoms with van der Waals surface area (Å²) in [6.07, 6.45) is 1.68. The molecule has 0 radical (unpaired) electrons. The molecular weight excluding hydrogens is 724 g/mol. The summed E-state index contributed by atoms with van der Waals surface area (Å²) in [6.45, 7) is 17.5. The molecule has 0 bridgehead atoms. The fourth-order valence-corrected chi connectivity index (χ4v) is 6.55. The molecule has 16 heteroatoms. The van der Waals surface area contributed by atoms with Gasteiger partial charge in [-0.2, -0.15) is 0 Å². The van der Waals surface area contributed by atoms with Gasteiger partial charge in [0.15, 0.2) is 0 Å². The van der Waals surface area contributed by atoms with Crippen LogP contribution in [0.1, 0.15) is 127 Å². The lowest BCUT2D eigenvalue weighted by Gasteiger charge is -2.27. The third-order valence-corrected chi connectivity index (χ3v) is 9.31. The minimum absolute atomic E-state index is 0.0000370. The highest BCUT2D eigenvalue weighted by Crippen LogP contribution is 2.14. The second-order valence-corrected chi connectivity index (χ2v) is 16.8. The van der Waals surface area contributed by atoms with Gasteiger partial charge in [0.25, 0.3) is 0 Å². The quantitative estimate of drug-likeness (QED) is 0.128. The van der Waals surface area contributed by atoms with E-state index in [2.05, 4.69) is 31.9 Å². The van der Waals surface area contributed by atoms with Gasteiger partial charge in [0.2, 0.25) is 35.4 Å². The average Bonchev–Trinajstić information content (AvgIpc) is 3.03. The number of rotatable bonds is 15. The predicted molar refractivity (Wildman–Crippen MR) is 212 cm³/mol. The van der Waals surface area contributed by atoms with E-state index >= 15 is 0 Å². The van der Waals surface area contributed by atoms with Gasteiger partial charge in [0.1, 0.15) is 0 Å². The number of carboxylic acid groups (broad SMARTS) is 1. The van der Waals surface area contributed by atoms with E-state index < -0.39 is 42.1 Å². The lowest BCUT2D eigenvalue weighted by atomic mass is 9.97. The third-order valence-electron chi connectivity index (χ3n) is 9.31. The summed E-state index contributed by atoms with van der Waals surface area (Å²) in [7, 11) is 0. The molecule has 1 aliphatic rings. The van der Waals surface area contributed by atoms with Crippen molar-refractivity contribution < 1.29 is 48.1 Å². The van der Waals surface area contributed by atoms with Gasteiger partial charge in [-0.3, -0.25) is 33.6 Å². The first-order chi connectivity index (χ1) is 26.2. The maximum atomic E-state index is 13.4. The molecule has 0 aromatic heterocycles. The van der Waals surface area contributed by atoms with Gasteiger partial charge in [-0.15, -0.1) is 0 Å². The van der Waals surface area contributed by atoms with Crippen molar-refractivity contribution in [1.29, 1.82) is 0 Å². The van der Waals surface area contributed by atoms with Crippen molar-refractivity contribution in [2.75, 3.05) is 26.4 Å². The van der Waals surface area contributed by atoms with Crippen LogP contribution in [0.4, 0.5) is 0 Å². The van der Waals surface area contributed by atoms with Gasteiger partial charge in [-0.1, -0.05) is 55.4 Å². The van der Waals surface area contributed by atoms with Crippen molar-refractivity contribution in [3.63, 3.8) is 0 Å². The zero-order valence-electron chi connectivity index (χ0n) is 35.3. The Hall–Kier alpha value is -3.79. The Kier molecular flexibility index (Phi) is 24.2. The van der Waals surface area contributed by atoms with Crippen molar-refractivity contribution in [3.8, 4) is 0 Å². The Morgan fingerprint density at radius 2 is 1.32 bits per heavy atom. The first kappa shape index (κ1) is 50.2. The molecule has 7 N–H and O–H groups in total. The molecule has 0 spiro atoms. The molecule has 1 rings (SSSR count). The molecule has 1 aliphatic heterocycles. The third kappa shape index (κ3) is 24.0. The van der Waals surface area contributed by atoms with Crippen molar-refractivity contribution in [1.82, 2.24) is 31.9 Å². The van der Waals surface area contributed by atoms with Crippen molar-refractivity contribution in [2.45, 2.75) is 163 Å². The van der Waals surface area contributed by atoms with Crippen LogP contribution in [0.2, 0.25) is 0 Å². The molecular formula is C40H72N6O10. The minimum Gasteiger partial charge on any atom is -0.481 e. The SMILES string of the molecule is CC(=O)N[C@H](CC(=O)N[C@H]1COCCCCOC[C@@H](CC(=O)N[C@@H](CC(=O)O)CC(C)C)NC(=O)C[C@H](C(C)C)NC(=O)C[C@H](CC(C)C)NC(=O)C1)C(C)C.